The van der Waals surface area contributed by atoms with E-state index in [1.54, 1.807) is 0 Å². The fourth-order valence-corrected chi connectivity index (χ4v) is 2.79. The van der Waals surface area contributed by atoms with Gasteiger partial charge in [0.05, 0.1) is 6.54 Å². The van der Waals surface area contributed by atoms with Crippen molar-refractivity contribution in [3.63, 3.8) is 0 Å². The fraction of sp³-hybridized carbons (Fsp3) is 0.588. The number of benzene rings is 1. The SMILES string of the molecule is Cc1ccc(C(=O)CN2CC(C)CCC2C)cc1C. The highest BCUT2D eigenvalue weighted by Gasteiger charge is 2.24. The number of rotatable bonds is 3. The van der Waals surface area contributed by atoms with E-state index in [9.17, 15) is 4.79 Å². The smallest absolute Gasteiger partial charge is 0.176 e. The largest absolute Gasteiger partial charge is 0.293 e. The predicted octanol–water partition coefficient (Wildman–Crippen LogP) is 3.61. The van der Waals surface area contributed by atoms with Crippen LogP contribution in [0.25, 0.3) is 0 Å². The van der Waals surface area contributed by atoms with Gasteiger partial charge in [0, 0.05) is 18.2 Å². The van der Waals surface area contributed by atoms with E-state index in [1.165, 1.54) is 24.0 Å². The lowest BCUT2D eigenvalue weighted by Crippen LogP contribution is -2.43. The van der Waals surface area contributed by atoms with Crippen molar-refractivity contribution < 1.29 is 4.79 Å². The van der Waals surface area contributed by atoms with E-state index in [1.807, 2.05) is 18.2 Å². The second-order valence-corrected chi connectivity index (χ2v) is 6.18. The zero-order valence-corrected chi connectivity index (χ0v) is 12.6. The fourth-order valence-electron chi connectivity index (χ4n) is 2.79. The van der Waals surface area contributed by atoms with Crippen LogP contribution in [0.4, 0.5) is 0 Å². The van der Waals surface area contributed by atoms with Crippen LogP contribution in [-0.4, -0.2) is 29.8 Å². The Morgan fingerprint density at radius 2 is 1.95 bits per heavy atom. The molecular weight excluding hydrogens is 234 g/mol. The third-order valence-electron chi connectivity index (χ3n) is 4.42. The summed E-state index contributed by atoms with van der Waals surface area (Å²) in [4.78, 5) is 14.7. The van der Waals surface area contributed by atoms with Crippen molar-refractivity contribution >= 4 is 5.78 Å². The predicted molar refractivity (Wildman–Crippen MR) is 79.7 cm³/mol. The van der Waals surface area contributed by atoms with E-state index in [2.05, 4.69) is 32.6 Å². The van der Waals surface area contributed by atoms with Gasteiger partial charge < -0.3 is 0 Å². The Morgan fingerprint density at radius 1 is 1.21 bits per heavy atom. The summed E-state index contributed by atoms with van der Waals surface area (Å²) < 4.78 is 0. The van der Waals surface area contributed by atoms with Crippen LogP contribution in [0.1, 0.15) is 48.2 Å². The molecule has 2 heteroatoms. The summed E-state index contributed by atoms with van der Waals surface area (Å²) in [7, 11) is 0. The maximum Gasteiger partial charge on any atom is 0.176 e. The van der Waals surface area contributed by atoms with Gasteiger partial charge in [-0.2, -0.15) is 0 Å². The quantitative estimate of drug-likeness (QED) is 0.773. The zero-order valence-electron chi connectivity index (χ0n) is 12.6. The third-order valence-corrected chi connectivity index (χ3v) is 4.42. The normalized spacial score (nSPS) is 24.4. The minimum atomic E-state index is 0.254. The standard InChI is InChI=1S/C17H25NO/c1-12-5-7-15(4)18(10-12)11-17(19)16-8-6-13(2)14(3)9-16/h6,8-9,12,15H,5,7,10-11H2,1-4H3. The molecular formula is C17H25NO. The summed E-state index contributed by atoms with van der Waals surface area (Å²) in [6.45, 7) is 10.3. The maximum atomic E-state index is 12.4. The number of carbonyl (C=O) groups is 1. The minimum Gasteiger partial charge on any atom is -0.293 e. The lowest BCUT2D eigenvalue weighted by Gasteiger charge is -2.36. The van der Waals surface area contributed by atoms with Gasteiger partial charge in [-0.05, 0) is 56.7 Å². The first-order valence-electron chi connectivity index (χ1n) is 7.32. The van der Waals surface area contributed by atoms with E-state index >= 15 is 0 Å². The van der Waals surface area contributed by atoms with Gasteiger partial charge in [0.1, 0.15) is 0 Å². The molecule has 1 heterocycles. The first kappa shape index (κ1) is 14.3. The molecule has 0 aliphatic carbocycles. The van der Waals surface area contributed by atoms with Crippen molar-refractivity contribution in [2.75, 3.05) is 13.1 Å². The molecule has 1 aromatic rings. The molecule has 0 bridgehead atoms. The lowest BCUT2D eigenvalue weighted by molar-refractivity contribution is 0.0805. The highest BCUT2D eigenvalue weighted by atomic mass is 16.1. The Labute approximate surface area is 116 Å². The van der Waals surface area contributed by atoms with Gasteiger partial charge >= 0.3 is 0 Å². The van der Waals surface area contributed by atoms with Gasteiger partial charge in [0.15, 0.2) is 5.78 Å². The molecule has 2 unspecified atom stereocenters. The van der Waals surface area contributed by atoms with Crippen molar-refractivity contribution in [2.45, 2.75) is 46.6 Å². The number of Topliss-reactive ketones (excluding diaryl/α,β-unsaturated/α-hetero) is 1. The number of carbonyl (C=O) groups excluding carboxylic acids is 1. The van der Waals surface area contributed by atoms with Gasteiger partial charge in [-0.25, -0.2) is 0 Å². The van der Waals surface area contributed by atoms with Gasteiger partial charge in [-0.1, -0.05) is 19.1 Å². The van der Waals surface area contributed by atoms with Gasteiger partial charge in [-0.15, -0.1) is 0 Å². The number of piperidine rings is 1. The second kappa shape index (κ2) is 5.87. The average molecular weight is 259 g/mol. The van der Waals surface area contributed by atoms with Gasteiger partial charge in [-0.3, -0.25) is 9.69 Å². The molecule has 0 spiro atoms. The molecule has 2 rings (SSSR count). The Kier molecular flexibility index (Phi) is 4.41. The van der Waals surface area contributed by atoms with Crippen molar-refractivity contribution in [1.29, 1.82) is 0 Å². The summed E-state index contributed by atoms with van der Waals surface area (Å²) >= 11 is 0. The molecule has 1 aliphatic heterocycles. The first-order chi connectivity index (χ1) is 8.97. The van der Waals surface area contributed by atoms with E-state index in [0.29, 0.717) is 18.5 Å². The van der Waals surface area contributed by atoms with E-state index in [0.717, 1.165) is 12.1 Å². The number of hydrogen-bond acceptors (Lipinski definition) is 2. The van der Waals surface area contributed by atoms with E-state index in [-0.39, 0.29) is 5.78 Å². The molecule has 0 saturated carbocycles. The summed E-state index contributed by atoms with van der Waals surface area (Å²) in [5, 5.41) is 0. The maximum absolute atomic E-state index is 12.4. The topological polar surface area (TPSA) is 20.3 Å². The van der Waals surface area contributed by atoms with Crippen LogP contribution in [-0.2, 0) is 0 Å². The molecule has 0 radical (unpaired) electrons. The van der Waals surface area contributed by atoms with Crippen molar-refractivity contribution in [3.8, 4) is 0 Å². The average Bonchev–Trinajstić information content (AvgIpc) is 2.37. The van der Waals surface area contributed by atoms with Gasteiger partial charge in [0.25, 0.3) is 0 Å². The Morgan fingerprint density at radius 3 is 2.63 bits per heavy atom. The molecule has 0 amide bonds. The van der Waals surface area contributed by atoms with Crippen LogP contribution >= 0.6 is 0 Å². The number of likely N-dealkylation sites (tertiary alicyclic amines) is 1. The van der Waals surface area contributed by atoms with Crippen LogP contribution in [0.2, 0.25) is 0 Å². The highest BCUT2D eigenvalue weighted by molar-refractivity contribution is 5.97. The monoisotopic (exact) mass is 259 g/mol. The Hall–Kier alpha value is -1.15. The van der Waals surface area contributed by atoms with E-state index in [4.69, 9.17) is 0 Å². The van der Waals surface area contributed by atoms with Crippen molar-refractivity contribution in [2.24, 2.45) is 5.92 Å². The molecule has 0 aromatic heterocycles. The molecule has 1 aliphatic rings. The highest BCUT2D eigenvalue weighted by Crippen LogP contribution is 2.21. The molecule has 2 nitrogen and oxygen atoms in total. The first-order valence-corrected chi connectivity index (χ1v) is 7.32. The number of ketones is 1. The molecule has 1 fully saturated rings. The van der Waals surface area contributed by atoms with E-state index < -0.39 is 0 Å². The molecule has 104 valence electrons. The van der Waals surface area contributed by atoms with Crippen LogP contribution in [0, 0.1) is 19.8 Å². The summed E-state index contributed by atoms with van der Waals surface area (Å²) in [6, 6.07) is 6.56. The van der Waals surface area contributed by atoms with Crippen LogP contribution in [0.5, 0.6) is 0 Å². The summed E-state index contributed by atoms with van der Waals surface area (Å²) in [5.41, 5.74) is 3.30. The molecule has 1 saturated heterocycles. The summed E-state index contributed by atoms with van der Waals surface area (Å²) in [5.74, 6) is 0.966. The zero-order chi connectivity index (χ0) is 14.0. The van der Waals surface area contributed by atoms with Crippen LogP contribution < -0.4 is 0 Å². The third kappa shape index (κ3) is 3.44. The number of aryl methyl sites for hydroxylation is 2. The molecule has 1 aromatic carbocycles. The van der Waals surface area contributed by atoms with Crippen LogP contribution in [0.15, 0.2) is 18.2 Å². The van der Waals surface area contributed by atoms with Crippen molar-refractivity contribution in [1.82, 2.24) is 4.90 Å². The minimum absolute atomic E-state index is 0.254. The summed E-state index contributed by atoms with van der Waals surface area (Å²) in [6.07, 6.45) is 2.50. The number of hydrogen-bond donors (Lipinski definition) is 0. The molecule has 0 N–H and O–H groups in total. The number of nitrogens with zero attached hydrogens (tertiary/aromatic N) is 1. The molecule has 19 heavy (non-hydrogen) atoms. The van der Waals surface area contributed by atoms with Crippen molar-refractivity contribution in [3.05, 3.63) is 34.9 Å². The van der Waals surface area contributed by atoms with Gasteiger partial charge in [0.2, 0.25) is 0 Å². The second-order valence-electron chi connectivity index (χ2n) is 6.18. The lowest BCUT2D eigenvalue weighted by atomic mass is 9.94. The Balaban J connectivity index is 2.05. The Bertz CT molecular complexity index is 466. The molecule has 2 atom stereocenters. The van der Waals surface area contributed by atoms with Crippen LogP contribution in [0.3, 0.4) is 0 Å².